The molecular formula is C38H35BrF2O3. The third-order valence-corrected chi connectivity index (χ3v) is 8.26. The van der Waals surface area contributed by atoms with Gasteiger partial charge in [-0.1, -0.05) is 115 Å². The monoisotopic (exact) mass is 656 g/mol. The molecule has 0 aliphatic carbocycles. The highest BCUT2D eigenvalue weighted by atomic mass is 79.9. The van der Waals surface area contributed by atoms with Crippen LogP contribution < -0.4 is 9.47 Å². The highest BCUT2D eigenvalue weighted by Crippen LogP contribution is 2.42. The van der Waals surface area contributed by atoms with Crippen LogP contribution in [-0.4, -0.2) is 6.61 Å². The molecule has 0 fully saturated rings. The molecule has 0 bridgehead atoms. The average molecular weight is 658 g/mol. The summed E-state index contributed by atoms with van der Waals surface area (Å²) in [5.74, 6) is 1.57. The van der Waals surface area contributed by atoms with Crippen LogP contribution in [0.3, 0.4) is 0 Å². The minimum Gasteiger partial charge on any atom is -0.457 e. The Bertz CT molecular complexity index is 1670. The maximum atomic E-state index is 13.4. The molecule has 0 aliphatic rings. The van der Waals surface area contributed by atoms with Crippen LogP contribution in [0, 0.1) is 6.92 Å². The number of para-hydroxylation sites is 1. The van der Waals surface area contributed by atoms with Crippen LogP contribution in [0.15, 0.2) is 126 Å². The van der Waals surface area contributed by atoms with E-state index in [0.717, 1.165) is 33.6 Å². The van der Waals surface area contributed by atoms with Gasteiger partial charge in [0.1, 0.15) is 17.2 Å². The second-order valence-electron chi connectivity index (χ2n) is 11.3. The highest BCUT2D eigenvalue weighted by molar-refractivity contribution is 9.10. The predicted molar refractivity (Wildman–Crippen MR) is 176 cm³/mol. The summed E-state index contributed by atoms with van der Waals surface area (Å²) in [6, 6.07) is 39.3. The molecule has 0 aromatic heterocycles. The Hall–Kier alpha value is -4.00. The van der Waals surface area contributed by atoms with Crippen LogP contribution in [0.1, 0.15) is 48.6 Å². The fourth-order valence-electron chi connectivity index (χ4n) is 5.46. The molecule has 226 valence electrons. The van der Waals surface area contributed by atoms with Crippen molar-refractivity contribution >= 4 is 15.9 Å². The van der Waals surface area contributed by atoms with Gasteiger partial charge in [0.15, 0.2) is 0 Å². The summed E-state index contributed by atoms with van der Waals surface area (Å²) in [5.41, 5.74) is 5.55. The van der Waals surface area contributed by atoms with Crippen molar-refractivity contribution in [3.63, 3.8) is 0 Å². The number of benzene rings is 5. The van der Waals surface area contributed by atoms with E-state index in [1.54, 1.807) is 6.07 Å². The number of rotatable bonds is 12. The van der Waals surface area contributed by atoms with E-state index in [9.17, 15) is 8.78 Å². The third-order valence-electron chi connectivity index (χ3n) is 7.76. The quantitative estimate of drug-likeness (QED) is 0.134. The summed E-state index contributed by atoms with van der Waals surface area (Å²) in [5, 5.41) is 0. The molecule has 0 amide bonds. The van der Waals surface area contributed by atoms with Gasteiger partial charge >= 0.3 is 6.61 Å². The van der Waals surface area contributed by atoms with Crippen molar-refractivity contribution in [2.24, 2.45) is 0 Å². The lowest BCUT2D eigenvalue weighted by Crippen LogP contribution is -2.24. The van der Waals surface area contributed by atoms with Crippen LogP contribution >= 0.6 is 15.9 Å². The first-order valence-corrected chi connectivity index (χ1v) is 15.3. The highest BCUT2D eigenvalue weighted by Gasteiger charge is 2.31. The smallest absolute Gasteiger partial charge is 0.387 e. The topological polar surface area (TPSA) is 27.7 Å². The Labute approximate surface area is 266 Å². The Kier molecular flexibility index (Phi) is 10.1. The van der Waals surface area contributed by atoms with Gasteiger partial charge in [-0.2, -0.15) is 8.78 Å². The molecule has 0 heterocycles. The molecule has 1 unspecified atom stereocenters. The molecule has 0 saturated heterocycles. The number of hydrogen-bond donors (Lipinski definition) is 0. The van der Waals surface area contributed by atoms with Crippen LogP contribution in [-0.2, 0) is 16.8 Å². The van der Waals surface area contributed by atoms with Crippen molar-refractivity contribution in [3.05, 3.63) is 148 Å². The molecule has 5 rings (SSSR count). The summed E-state index contributed by atoms with van der Waals surface area (Å²) in [7, 11) is 0. The van der Waals surface area contributed by atoms with Gasteiger partial charge in [-0.15, -0.1) is 0 Å². The molecule has 0 radical (unpaired) electrons. The number of alkyl halides is 2. The number of halogens is 3. The summed E-state index contributed by atoms with van der Waals surface area (Å²) < 4.78 is 45.3. The van der Waals surface area contributed by atoms with Crippen LogP contribution in [0.4, 0.5) is 8.78 Å². The van der Waals surface area contributed by atoms with Crippen molar-refractivity contribution in [1.82, 2.24) is 0 Å². The number of ether oxygens (including phenoxy) is 3. The molecule has 0 N–H and O–H groups in total. The second-order valence-corrected chi connectivity index (χ2v) is 12.3. The van der Waals surface area contributed by atoms with Gasteiger partial charge in [-0.25, -0.2) is 0 Å². The third kappa shape index (κ3) is 7.93. The van der Waals surface area contributed by atoms with Gasteiger partial charge in [-0.3, -0.25) is 0 Å². The van der Waals surface area contributed by atoms with Gasteiger partial charge in [0.25, 0.3) is 0 Å². The molecule has 0 saturated carbocycles. The maximum Gasteiger partial charge on any atom is 0.387 e. The Morgan fingerprint density at radius 3 is 2.16 bits per heavy atom. The van der Waals surface area contributed by atoms with E-state index in [4.69, 9.17) is 14.2 Å². The Morgan fingerprint density at radius 2 is 1.43 bits per heavy atom. The standard InChI is InChI=1S/C38H35BrF2O3/c1-26-29(15-11-19-33(26)27-12-6-4-7-13-27)25-42-36(28-14-10-18-32(22-28)43-31-16-8-5-9-17-31)24-38(2,3)34-21-20-30(39)23-35(34)44-37(40)41/h4-23,36-37H,24-25H2,1-3H3. The normalized spacial score (nSPS) is 12.2. The van der Waals surface area contributed by atoms with E-state index in [0.29, 0.717) is 28.8 Å². The first kappa shape index (κ1) is 31.4. The van der Waals surface area contributed by atoms with Crippen LogP contribution in [0.5, 0.6) is 17.2 Å². The zero-order valence-electron chi connectivity index (χ0n) is 25.0. The Morgan fingerprint density at radius 1 is 0.750 bits per heavy atom. The zero-order valence-corrected chi connectivity index (χ0v) is 26.6. The van der Waals surface area contributed by atoms with Crippen LogP contribution in [0.2, 0.25) is 0 Å². The van der Waals surface area contributed by atoms with Crippen molar-refractivity contribution in [2.45, 2.75) is 51.9 Å². The Balaban J connectivity index is 1.47. The molecule has 0 aliphatic heterocycles. The van der Waals surface area contributed by atoms with E-state index in [1.807, 2.05) is 98.8 Å². The summed E-state index contributed by atoms with van der Waals surface area (Å²) in [6.45, 7) is 3.60. The van der Waals surface area contributed by atoms with Gasteiger partial charge in [0, 0.05) is 10.0 Å². The first-order chi connectivity index (χ1) is 21.2. The SMILES string of the molecule is Cc1c(COC(CC(C)(C)c2ccc(Br)cc2OC(F)F)c2cccc(Oc3ccccc3)c2)cccc1-c1ccccc1. The molecule has 3 nitrogen and oxygen atoms in total. The van der Waals surface area contributed by atoms with E-state index in [-0.39, 0.29) is 11.9 Å². The maximum absolute atomic E-state index is 13.4. The molecule has 0 spiro atoms. The molecular weight excluding hydrogens is 622 g/mol. The average Bonchev–Trinajstić information content (AvgIpc) is 3.00. The fourth-order valence-corrected chi connectivity index (χ4v) is 5.80. The summed E-state index contributed by atoms with van der Waals surface area (Å²) >= 11 is 3.39. The van der Waals surface area contributed by atoms with Crippen molar-refractivity contribution in [3.8, 4) is 28.4 Å². The molecule has 6 heteroatoms. The van der Waals surface area contributed by atoms with Crippen LogP contribution in [0.25, 0.3) is 11.1 Å². The van der Waals surface area contributed by atoms with Gasteiger partial charge in [0.05, 0.1) is 12.7 Å². The second kappa shape index (κ2) is 14.2. The lowest BCUT2D eigenvalue weighted by atomic mass is 9.78. The van der Waals surface area contributed by atoms with Gasteiger partial charge < -0.3 is 14.2 Å². The van der Waals surface area contributed by atoms with E-state index in [1.165, 1.54) is 0 Å². The minimum absolute atomic E-state index is 0.144. The van der Waals surface area contributed by atoms with Crippen molar-refractivity contribution in [1.29, 1.82) is 0 Å². The largest absolute Gasteiger partial charge is 0.457 e. The van der Waals surface area contributed by atoms with Crippen molar-refractivity contribution in [2.75, 3.05) is 0 Å². The molecule has 5 aromatic rings. The van der Waals surface area contributed by atoms with Gasteiger partial charge in [0.2, 0.25) is 0 Å². The minimum atomic E-state index is -2.93. The number of hydrogen-bond acceptors (Lipinski definition) is 3. The summed E-state index contributed by atoms with van der Waals surface area (Å²) in [4.78, 5) is 0. The fraction of sp³-hybridized carbons (Fsp3) is 0.211. The summed E-state index contributed by atoms with van der Waals surface area (Å²) in [6.07, 6.45) is 0.118. The molecule has 44 heavy (non-hydrogen) atoms. The predicted octanol–water partition coefficient (Wildman–Crippen LogP) is 11.4. The first-order valence-electron chi connectivity index (χ1n) is 14.5. The molecule has 5 aromatic carbocycles. The van der Waals surface area contributed by atoms with E-state index < -0.39 is 12.0 Å². The van der Waals surface area contributed by atoms with E-state index in [2.05, 4.69) is 53.2 Å². The zero-order chi connectivity index (χ0) is 31.1. The van der Waals surface area contributed by atoms with Crippen molar-refractivity contribution < 1.29 is 23.0 Å². The lowest BCUT2D eigenvalue weighted by molar-refractivity contribution is -0.0513. The molecule has 1 atom stereocenters. The van der Waals surface area contributed by atoms with Gasteiger partial charge in [-0.05, 0) is 83.0 Å². The lowest BCUT2D eigenvalue weighted by Gasteiger charge is -2.32. The van der Waals surface area contributed by atoms with E-state index >= 15 is 0 Å².